The van der Waals surface area contributed by atoms with Gasteiger partial charge in [-0.2, -0.15) is 0 Å². The van der Waals surface area contributed by atoms with E-state index >= 15 is 0 Å². The zero-order valence-electron chi connectivity index (χ0n) is 8.29. The lowest BCUT2D eigenvalue weighted by atomic mass is 10.0. The molecule has 1 atom stereocenters. The molecule has 2 rings (SSSR count). The molecule has 1 N–H and O–H groups in total. The van der Waals surface area contributed by atoms with E-state index in [1.807, 2.05) is 0 Å². The van der Waals surface area contributed by atoms with Gasteiger partial charge in [0.05, 0.1) is 0 Å². The smallest absolute Gasteiger partial charge is 0.242 e. The molecule has 0 spiro atoms. The number of carbonyl (C=O) groups excluding carboxylic acids is 2. The molecule has 0 aliphatic carbocycles. The summed E-state index contributed by atoms with van der Waals surface area (Å²) in [6.07, 6.45) is 4.45. The maximum Gasteiger partial charge on any atom is 0.242 e. The first kappa shape index (κ1) is 9.49. The Kier molecular flexibility index (Phi) is 2.70. The highest BCUT2D eigenvalue weighted by Crippen LogP contribution is 2.18. The van der Waals surface area contributed by atoms with Gasteiger partial charge in [-0.1, -0.05) is 0 Å². The topological polar surface area (TPSA) is 49.4 Å². The normalized spacial score (nSPS) is 28.9. The summed E-state index contributed by atoms with van der Waals surface area (Å²) in [5.41, 5.74) is 0. The Balaban J connectivity index is 2.04. The standard InChI is InChI=1S/C10H16N2O2/c13-9-5-1-2-7-12(9)8-4-3-6-11-10(8)14/h8H,1-7H2,(H,11,14). The van der Waals surface area contributed by atoms with Crippen molar-refractivity contribution in [2.75, 3.05) is 13.1 Å². The number of hydrogen-bond acceptors (Lipinski definition) is 2. The largest absolute Gasteiger partial charge is 0.354 e. The number of likely N-dealkylation sites (tertiary alicyclic amines) is 1. The van der Waals surface area contributed by atoms with Gasteiger partial charge in [-0.3, -0.25) is 9.59 Å². The Morgan fingerprint density at radius 2 is 2.07 bits per heavy atom. The van der Waals surface area contributed by atoms with Crippen LogP contribution in [-0.4, -0.2) is 35.8 Å². The van der Waals surface area contributed by atoms with Crippen LogP contribution < -0.4 is 5.32 Å². The minimum absolute atomic E-state index is 0.0338. The fraction of sp³-hybridized carbons (Fsp3) is 0.800. The van der Waals surface area contributed by atoms with Crippen molar-refractivity contribution in [2.45, 2.75) is 38.1 Å². The highest BCUT2D eigenvalue weighted by Gasteiger charge is 2.32. The number of hydrogen-bond donors (Lipinski definition) is 1. The van der Waals surface area contributed by atoms with Gasteiger partial charge in [0, 0.05) is 19.5 Å². The quantitative estimate of drug-likeness (QED) is 0.654. The molecule has 0 bridgehead atoms. The maximum absolute atomic E-state index is 11.6. The van der Waals surface area contributed by atoms with Crippen molar-refractivity contribution in [3.05, 3.63) is 0 Å². The van der Waals surface area contributed by atoms with Crippen LogP contribution in [0, 0.1) is 0 Å². The van der Waals surface area contributed by atoms with Crippen molar-refractivity contribution in [1.82, 2.24) is 10.2 Å². The van der Waals surface area contributed by atoms with Crippen LogP contribution in [0.2, 0.25) is 0 Å². The van der Waals surface area contributed by atoms with Crippen LogP contribution in [0.25, 0.3) is 0 Å². The molecule has 14 heavy (non-hydrogen) atoms. The molecular weight excluding hydrogens is 180 g/mol. The molecule has 2 fully saturated rings. The Morgan fingerprint density at radius 3 is 2.79 bits per heavy atom. The van der Waals surface area contributed by atoms with E-state index in [-0.39, 0.29) is 17.9 Å². The van der Waals surface area contributed by atoms with Gasteiger partial charge in [-0.25, -0.2) is 0 Å². The van der Waals surface area contributed by atoms with Crippen LogP contribution >= 0.6 is 0 Å². The number of amides is 2. The van der Waals surface area contributed by atoms with Gasteiger partial charge in [0.2, 0.25) is 11.8 Å². The second kappa shape index (κ2) is 3.98. The van der Waals surface area contributed by atoms with Crippen molar-refractivity contribution < 1.29 is 9.59 Å². The number of nitrogens with one attached hydrogen (secondary N) is 1. The molecule has 2 amide bonds. The summed E-state index contributed by atoms with van der Waals surface area (Å²) in [4.78, 5) is 24.9. The monoisotopic (exact) mass is 196 g/mol. The summed E-state index contributed by atoms with van der Waals surface area (Å²) < 4.78 is 0. The fourth-order valence-corrected chi connectivity index (χ4v) is 2.21. The van der Waals surface area contributed by atoms with Gasteiger partial charge >= 0.3 is 0 Å². The average Bonchev–Trinajstić information content (AvgIpc) is 2.20. The average molecular weight is 196 g/mol. The van der Waals surface area contributed by atoms with Crippen molar-refractivity contribution in [1.29, 1.82) is 0 Å². The number of nitrogens with zero attached hydrogens (tertiary/aromatic N) is 1. The third kappa shape index (κ3) is 1.74. The molecule has 2 aliphatic rings. The molecule has 0 saturated carbocycles. The molecule has 78 valence electrons. The highest BCUT2D eigenvalue weighted by atomic mass is 16.2. The molecule has 0 aromatic carbocycles. The van der Waals surface area contributed by atoms with Crippen LogP contribution in [-0.2, 0) is 9.59 Å². The molecule has 4 heteroatoms. The molecule has 2 aliphatic heterocycles. The molecule has 0 aromatic heterocycles. The first-order valence-corrected chi connectivity index (χ1v) is 5.36. The highest BCUT2D eigenvalue weighted by molar-refractivity contribution is 5.88. The maximum atomic E-state index is 11.6. The lowest BCUT2D eigenvalue weighted by Gasteiger charge is -2.35. The Morgan fingerprint density at radius 1 is 1.21 bits per heavy atom. The third-order valence-electron chi connectivity index (χ3n) is 2.99. The Hall–Kier alpha value is -1.06. The van der Waals surface area contributed by atoms with Gasteiger partial charge in [0.25, 0.3) is 0 Å². The van der Waals surface area contributed by atoms with E-state index in [2.05, 4.69) is 5.32 Å². The number of piperidine rings is 2. The summed E-state index contributed by atoms with van der Waals surface area (Å²) in [7, 11) is 0. The van der Waals surface area contributed by atoms with Crippen LogP contribution in [0.1, 0.15) is 32.1 Å². The summed E-state index contributed by atoms with van der Waals surface area (Å²) in [5.74, 6) is 0.185. The first-order chi connectivity index (χ1) is 6.79. The fourth-order valence-electron chi connectivity index (χ4n) is 2.21. The van der Waals surface area contributed by atoms with Gasteiger partial charge in [-0.15, -0.1) is 0 Å². The molecular formula is C10H16N2O2. The summed E-state index contributed by atoms with van der Waals surface area (Å²) in [6.45, 7) is 1.52. The Labute approximate surface area is 83.6 Å². The summed E-state index contributed by atoms with van der Waals surface area (Å²) >= 11 is 0. The lowest BCUT2D eigenvalue weighted by Crippen LogP contribution is -2.53. The van der Waals surface area contributed by atoms with Crippen molar-refractivity contribution in [2.24, 2.45) is 0 Å². The van der Waals surface area contributed by atoms with E-state index < -0.39 is 0 Å². The van der Waals surface area contributed by atoms with Crippen LogP contribution in [0.3, 0.4) is 0 Å². The molecule has 0 radical (unpaired) electrons. The summed E-state index contributed by atoms with van der Waals surface area (Å²) in [5, 5.41) is 2.82. The second-order valence-electron chi connectivity index (χ2n) is 3.99. The van der Waals surface area contributed by atoms with Gasteiger partial charge in [0.1, 0.15) is 6.04 Å². The van der Waals surface area contributed by atoms with E-state index in [0.717, 1.165) is 38.8 Å². The second-order valence-corrected chi connectivity index (χ2v) is 3.99. The molecule has 2 heterocycles. The van der Waals surface area contributed by atoms with Crippen molar-refractivity contribution in [3.63, 3.8) is 0 Å². The molecule has 4 nitrogen and oxygen atoms in total. The zero-order valence-corrected chi connectivity index (χ0v) is 8.29. The van der Waals surface area contributed by atoms with Crippen molar-refractivity contribution >= 4 is 11.8 Å². The molecule has 0 aromatic rings. The predicted molar refractivity (Wildman–Crippen MR) is 51.6 cm³/mol. The van der Waals surface area contributed by atoms with Crippen LogP contribution in [0.5, 0.6) is 0 Å². The predicted octanol–water partition coefficient (Wildman–Crippen LogP) is 0.277. The van der Waals surface area contributed by atoms with Crippen LogP contribution in [0.15, 0.2) is 0 Å². The zero-order chi connectivity index (χ0) is 9.97. The third-order valence-corrected chi connectivity index (χ3v) is 2.99. The van der Waals surface area contributed by atoms with Gasteiger partial charge < -0.3 is 10.2 Å². The van der Waals surface area contributed by atoms with Gasteiger partial charge in [-0.05, 0) is 25.7 Å². The van der Waals surface area contributed by atoms with Crippen LogP contribution in [0.4, 0.5) is 0 Å². The van der Waals surface area contributed by atoms with E-state index in [1.54, 1.807) is 4.90 Å². The number of rotatable bonds is 1. The number of carbonyl (C=O) groups is 2. The molecule has 2 saturated heterocycles. The SMILES string of the molecule is O=C1NCCCC1N1CCCCC1=O. The lowest BCUT2D eigenvalue weighted by molar-refractivity contribution is -0.143. The van der Waals surface area contributed by atoms with E-state index in [4.69, 9.17) is 0 Å². The van der Waals surface area contributed by atoms with E-state index in [0.29, 0.717) is 6.42 Å². The summed E-state index contributed by atoms with van der Waals surface area (Å²) in [6, 6.07) is -0.184. The van der Waals surface area contributed by atoms with E-state index in [1.165, 1.54) is 0 Å². The van der Waals surface area contributed by atoms with E-state index in [9.17, 15) is 9.59 Å². The molecule has 1 unspecified atom stereocenters. The van der Waals surface area contributed by atoms with Gasteiger partial charge in [0.15, 0.2) is 0 Å². The Bertz CT molecular complexity index is 227. The van der Waals surface area contributed by atoms with Crippen molar-refractivity contribution in [3.8, 4) is 0 Å². The minimum Gasteiger partial charge on any atom is -0.354 e. The minimum atomic E-state index is -0.184. The first-order valence-electron chi connectivity index (χ1n) is 5.36.